The third-order valence-corrected chi connectivity index (χ3v) is 4.39. The summed E-state index contributed by atoms with van der Waals surface area (Å²) in [6.07, 6.45) is 7.07. The summed E-state index contributed by atoms with van der Waals surface area (Å²) >= 11 is 0. The highest BCUT2D eigenvalue weighted by molar-refractivity contribution is 5.93. The summed E-state index contributed by atoms with van der Waals surface area (Å²) < 4.78 is 5.82. The second kappa shape index (κ2) is 6.02. The maximum Gasteiger partial charge on any atom is 0.138 e. The van der Waals surface area contributed by atoms with Gasteiger partial charge in [0.1, 0.15) is 24.0 Å². The molecule has 4 rings (SSSR count). The van der Waals surface area contributed by atoms with Crippen LogP contribution >= 0.6 is 0 Å². The average molecular weight is 331 g/mol. The van der Waals surface area contributed by atoms with Gasteiger partial charge in [0.2, 0.25) is 0 Å². The van der Waals surface area contributed by atoms with Crippen LogP contribution in [0.4, 0.5) is 11.5 Å². The quantitative estimate of drug-likeness (QED) is 0.766. The molecular formula is C19H17N5O. The van der Waals surface area contributed by atoms with Crippen LogP contribution in [-0.4, -0.2) is 21.6 Å². The Balaban J connectivity index is 1.57. The number of benzene rings is 1. The van der Waals surface area contributed by atoms with Crippen molar-refractivity contribution in [3.63, 3.8) is 0 Å². The Morgan fingerprint density at radius 2 is 2.00 bits per heavy atom. The lowest BCUT2D eigenvalue weighted by Gasteiger charge is -2.12. The molecule has 1 saturated carbocycles. The van der Waals surface area contributed by atoms with Gasteiger partial charge < -0.3 is 10.1 Å². The van der Waals surface area contributed by atoms with Crippen LogP contribution in [0.2, 0.25) is 0 Å². The predicted molar refractivity (Wildman–Crippen MR) is 94.6 cm³/mol. The van der Waals surface area contributed by atoms with Gasteiger partial charge >= 0.3 is 0 Å². The lowest BCUT2D eigenvalue weighted by molar-refractivity contribution is 0.269. The molecule has 1 N–H and O–H groups in total. The first-order valence-corrected chi connectivity index (χ1v) is 8.16. The molecule has 2 heterocycles. The standard InChI is InChI=1S/C19H17N5O/c1-13-22-9-15(10-23-13)24-18-17-3-2-16(8-14(17)4-7-21-18)25-12-19(11-20)5-6-19/h2-4,7-10H,5-6,12H2,1H3,(H,21,24). The molecule has 124 valence electrons. The number of nitrogens with one attached hydrogen (secondary N) is 1. The molecule has 0 aliphatic heterocycles. The fourth-order valence-corrected chi connectivity index (χ4v) is 2.60. The van der Waals surface area contributed by atoms with E-state index in [1.165, 1.54) is 0 Å². The van der Waals surface area contributed by atoms with Crippen molar-refractivity contribution in [3.8, 4) is 11.8 Å². The molecule has 0 spiro atoms. The topological polar surface area (TPSA) is 83.7 Å². The van der Waals surface area contributed by atoms with Crippen molar-refractivity contribution in [2.75, 3.05) is 11.9 Å². The molecule has 2 aromatic heterocycles. The minimum Gasteiger partial charge on any atom is -0.492 e. The third kappa shape index (κ3) is 3.22. The molecule has 0 unspecified atom stereocenters. The summed E-state index contributed by atoms with van der Waals surface area (Å²) in [4.78, 5) is 12.8. The smallest absolute Gasteiger partial charge is 0.138 e. The molecule has 6 heteroatoms. The zero-order chi connectivity index (χ0) is 17.3. The number of hydrogen-bond acceptors (Lipinski definition) is 6. The number of nitrogens with zero attached hydrogens (tertiary/aromatic N) is 4. The Hall–Kier alpha value is -3.20. The second-order valence-corrected chi connectivity index (χ2v) is 6.37. The van der Waals surface area contributed by atoms with Crippen LogP contribution in [0.5, 0.6) is 5.75 Å². The van der Waals surface area contributed by atoms with Crippen molar-refractivity contribution in [3.05, 3.63) is 48.7 Å². The molecule has 0 saturated heterocycles. The van der Waals surface area contributed by atoms with Crippen LogP contribution in [0.25, 0.3) is 10.8 Å². The van der Waals surface area contributed by atoms with E-state index in [4.69, 9.17) is 10.00 Å². The lowest BCUT2D eigenvalue weighted by atomic mass is 10.1. The lowest BCUT2D eigenvalue weighted by Crippen LogP contribution is -2.10. The van der Waals surface area contributed by atoms with Gasteiger partial charge in [0, 0.05) is 11.6 Å². The van der Waals surface area contributed by atoms with Crippen molar-refractivity contribution in [2.24, 2.45) is 5.41 Å². The van der Waals surface area contributed by atoms with E-state index < -0.39 is 0 Å². The van der Waals surface area contributed by atoms with E-state index in [1.54, 1.807) is 18.6 Å². The van der Waals surface area contributed by atoms with Gasteiger partial charge in [-0.2, -0.15) is 5.26 Å². The highest BCUT2D eigenvalue weighted by Crippen LogP contribution is 2.45. The minimum atomic E-state index is -0.272. The average Bonchev–Trinajstić information content (AvgIpc) is 3.42. The van der Waals surface area contributed by atoms with Gasteiger partial charge in [0.15, 0.2) is 0 Å². The summed E-state index contributed by atoms with van der Waals surface area (Å²) in [5.41, 5.74) is 0.515. The molecule has 0 amide bonds. The van der Waals surface area contributed by atoms with Gasteiger partial charge in [-0.05, 0) is 49.4 Å². The van der Waals surface area contributed by atoms with Crippen LogP contribution in [-0.2, 0) is 0 Å². The maximum absolute atomic E-state index is 9.14. The van der Waals surface area contributed by atoms with Crippen molar-refractivity contribution in [1.29, 1.82) is 5.26 Å². The first-order chi connectivity index (χ1) is 12.2. The van der Waals surface area contributed by atoms with Gasteiger partial charge in [-0.3, -0.25) is 0 Å². The molecule has 1 fully saturated rings. The Bertz CT molecular complexity index is 958. The Labute approximate surface area is 145 Å². The van der Waals surface area contributed by atoms with E-state index in [-0.39, 0.29) is 5.41 Å². The molecule has 6 nitrogen and oxygen atoms in total. The van der Waals surface area contributed by atoms with E-state index in [0.717, 1.165) is 46.7 Å². The summed E-state index contributed by atoms with van der Waals surface area (Å²) in [6, 6.07) is 10.1. The highest BCUT2D eigenvalue weighted by Gasteiger charge is 2.44. The SMILES string of the molecule is Cc1ncc(Nc2nccc3cc(OCC4(C#N)CC4)ccc23)cn1. The van der Waals surface area contributed by atoms with E-state index in [9.17, 15) is 0 Å². The number of fused-ring (bicyclic) bond motifs is 1. The maximum atomic E-state index is 9.14. The second-order valence-electron chi connectivity index (χ2n) is 6.37. The molecule has 1 aromatic carbocycles. The monoisotopic (exact) mass is 331 g/mol. The highest BCUT2D eigenvalue weighted by atomic mass is 16.5. The van der Waals surface area contributed by atoms with Crippen LogP contribution in [0.15, 0.2) is 42.9 Å². The number of rotatable bonds is 5. The van der Waals surface area contributed by atoms with E-state index in [0.29, 0.717) is 6.61 Å². The number of pyridine rings is 1. The van der Waals surface area contributed by atoms with Crippen LogP contribution < -0.4 is 10.1 Å². The summed E-state index contributed by atoms with van der Waals surface area (Å²) in [6.45, 7) is 2.30. The summed E-state index contributed by atoms with van der Waals surface area (Å²) in [5, 5.41) is 14.4. The number of aromatic nitrogens is 3. The zero-order valence-corrected chi connectivity index (χ0v) is 13.9. The molecule has 25 heavy (non-hydrogen) atoms. The van der Waals surface area contributed by atoms with Gasteiger partial charge in [0.05, 0.1) is 29.6 Å². The largest absolute Gasteiger partial charge is 0.492 e. The molecule has 3 aromatic rings. The number of ether oxygens (including phenoxy) is 1. The Kier molecular flexibility index (Phi) is 3.69. The van der Waals surface area contributed by atoms with Crippen LogP contribution in [0.1, 0.15) is 18.7 Å². The van der Waals surface area contributed by atoms with Gasteiger partial charge in [0.25, 0.3) is 0 Å². The number of aryl methyl sites for hydroxylation is 1. The van der Waals surface area contributed by atoms with Crippen LogP contribution in [0.3, 0.4) is 0 Å². The van der Waals surface area contributed by atoms with Crippen molar-refractivity contribution in [2.45, 2.75) is 19.8 Å². The Morgan fingerprint density at radius 1 is 1.20 bits per heavy atom. The van der Waals surface area contributed by atoms with Crippen molar-refractivity contribution in [1.82, 2.24) is 15.0 Å². The summed E-state index contributed by atoms with van der Waals surface area (Å²) in [7, 11) is 0. The number of hydrogen-bond donors (Lipinski definition) is 1. The van der Waals surface area contributed by atoms with E-state index in [1.807, 2.05) is 31.2 Å². The predicted octanol–water partition coefficient (Wildman–Crippen LogP) is 3.76. The Morgan fingerprint density at radius 3 is 2.72 bits per heavy atom. The number of anilines is 2. The fraction of sp³-hybridized carbons (Fsp3) is 0.263. The van der Waals surface area contributed by atoms with E-state index in [2.05, 4.69) is 26.3 Å². The minimum absolute atomic E-state index is 0.272. The zero-order valence-electron chi connectivity index (χ0n) is 13.9. The molecular weight excluding hydrogens is 314 g/mol. The normalized spacial score (nSPS) is 14.7. The van der Waals surface area contributed by atoms with Gasteiger partial charge in [-0.15, -0.1) is 0 Å². The van der Waals surface area contributed by atoms with Crippen molar-refractivity contribution < 1.29 is 4.74 Å². The van der Waals surface area contributed by atoms with E-state index >= 15 is 0 Å². The van der Waals surface area contributed by atoms with Crippen LogP contribution in [0, 0.1) is 23.7 Å². The van der Waals surface area contributed by atoms with Gasteiger partial charge in [-0.1, -0.05) is 0 Å². The van der Waals surface area contributed by atoms with Crippen molar-refractivity contribution >= 4 is 22.3 Å². The first-order valence-electron chi connectivity index (χ1n) is 8.16. The first kappa shape index (κ1) is 15.3. The third-order valence-electron chi connectivity index (χ3n) is 4.39. The fourth-order valence-electron chi connectivity index (χ4n) is 2.60. The number of nitriles is 1. The van der Waals surface area contributed by atoms with Gasteiger partial charge in [-0.25, -0.2) is 15.0 Å². The molecule has 1 aliphatic carbocycles. The summed E-state index contributed by atoms with van der Waals surface area (Å²) in [5.74, 6) is 2.24. The molecule has 0 bridgehead atoms. The molecule has 0 atom stereocenters. The molecule has 1 aliphatic rings. The molecule has 0 radical (unpaired) electrons.